The molecule has 3 aromatic carbocycles. The van der Waals surface area contributed by atoms with Gasteiger partial charge in [0.1, 0.15) is 18.7 Å². The first-order valence-electron chi connectivity index (χ1n) is 10.4. The van der Waals surface area contributed by atoms with Crippen molar-refractivity contribution in [1.29, 1.82) is 0 Å². The first-order valence-corrected chi connectivity index (χ1v) is 10.4. The summed E-state index contributed by atoms with van der Waals surface area (Å²) in [5.41, 5.74) is 8.35. The summed E-state index contributed by atoms with van der Waals surface area (Å²) in [4.78, 5) is 16.0. The maximum Gasteiger partial charge on any atom is 0.573 e. The van der Waals surface area contributed by atoms with Crippen molar-refractivity contribution in [2.45, 2.75) is 19.5 Å². The molecule has 1 amide bonds. The molecule has 0 aliphatic carbocycles. The molecule has 8 nitrogen and oxygen atoms in total. The quantitative estimate of drug-likeness (QED) is 0.351. The average Bonchev–Trinajstić information content (AvgIpc) is 3.34. The molecule has 11 heteroatoms. The van der Waals surface area contributed by atoms with Gasteiger partial charge in [-0.2, -0.15) is 0 Å². The molecule has 0 unspecified atom stereocenters. The number of benzene rings is 3. The van der Waals surface area contributed by atoms with Crippen molar-refractivity contribution >= 4 is 6.09 Å². The Balaban J connectivity index is 1.27. The second kappa shape index (κ2) is 10.7. The fourth-order valence-corrected chi connectivity index (χ4v) is 3.07. The van der Waals surface area contributed by atoms with E-state index < -0.39 is 12.5 Å². The predicted molar refractivity (Wildman–Crippen MR) is 120 cm³/mol. The third kappa shape index (κ3) is 7.05. The van der Waals surface area contributed by atoms with Gasteiger partial charge < -0.3 is 9.47 Å². The van der Waals surface area contributed by atoms with Crippen molar-refractivity contribution in [3.63, 3.8) is 0 Å². The minimum absolute atomic E-state index is 0.175. The number of amides is 1. The topological polar surface area (TPSA) is 90.3 Å². The number of hydrazine groups is 1. The molecule has 4 rings (SSSR count). The van der Waals surface area contributed by atoms with Gasteiger partial charge in [-0.25, -0.2) is 19.9 Å². The van der Waals surface area contributed by atoms with Crippen LogP contribution in [0.15, 0.2) is 85.2 Å². The number of carbonyl (C=O) groups is 1. The van der Waals surface area contributed by atoms with Crippen LogP contribution in [0.25, 0.3) is 17.1 Å². The van der Waals surface area contributed by atoms with Gasteiger partial charge in [0.15, 0.2) is 5.82 Å². The van der Waals surface area contributed by atoms with Gasteiger partial charge in [-0.1, -0.05) is 54.6 Å². The molecule has 0 saturated heterocycles. The summed E-state index contributed by atoms with van der Waals surface area (Å²) >= 11 is 0. The Morgan fingerprint density at radius 2 is 1.63 bits per heavy atom. The molecular formula is C24H20F3N5O3. The highest BCUT2D eigenvalue weighted by Crippen LogP contribution is 2.24. The molecule has 0 aliphatic heterocycles. The molecule has 2 N–H and O–H groups in total. The van der Waals surface area contributed by atoms with Crippen LogP contribution in [0.2, 0.25) is 0 Å². The van der Waals surface area contributed by atoms with Crippen molar-refractivity contribution in [1.82, 2.24) is 25.6 Å². The van der Waals surface area contributed by atoms with E-state index in [9.17, 15) is 18.0 Å². The third-order valence-corrected chi connectivity index (χ3v) is 4.73. The molecule has 0 radical (unpaired) electrons. The van der Waals surface area contributed by atoms with E-state index in [-0.39, 0.29) is 12.4 Å². The van der Waals surface area contributed by atoms with Gasteiger partial charge in [-0.15, -0.1) is 18.3 Å². The van der Waals surface area contributed by atoms with Crippen LogP contribution in [-0.4, -0.2) is 27.2 Å². The second-order valence-electron chi connectivity index (χ2n) is 7.29. The zero-order valence-corrected chi connectivity index (χ0v) is 18.2. The van der Waals surface area contributed by atoms with Crippen LogP contribution in [0, 0.1) is 0 Å². The van der Waals surface area contributed by atoms with E-state index in [2.05, 4.69) is 25.7 Å². The minimum Gasteiger partial charge on any atom is -0.444 e. The van der Waals surface area contributed by atoms with Crippen LogP contribution in [0.3, 0.4) is 0 Å². The summed E-state index contributed by atoms with van der Waals surface area (Å²) in [6, 6.07) is 22.0. The maximum absolute atomic E-state index is 12.3. The van der Waals surface area contributed by atoms with Gasteiger partial charge in [-0.05, 0) is 35.4 Å². The third-order valence-electron chi connectivity index (χ3n) is 4.73. The maximum atomic E-state index is 12.3. The summed E-state index contributed by atoms with van der Waals surface area (Å²) in [6.45, 7) is 0.545. The van der Waals surface area contributed by atoms with Crippen molar-refractivity contribution in [3.8, 4) is 22.8 Å². The Hall–Kier alpha value is -4.38. The predicted octanol–water partition coefficient (Wildman–Crippen LogP) is 4.76. The summed E-state index contributed by atoms with van der Waals surface area (Å²) < 4.78 is 47.3. The number of alkyl halides is 3. The lowest BCUT2D eigenvalue weighted by atomic mass is 10.1. The van der Waals surface area contributed by atoms with E-state index in [1.54, 1.807) is 0 Å². The van der Waals surface area contributed by atoms with Crippen molar-refractivity contribution in [2.24, 2.45) is 0 Å². The fourth-order valence-electron chi connectivity index (χ4n) is 3.07. The van der Waals surface area contributed by atoms with Gasteiger partial charge in [0, 0.05) is 12.1 Å². The zero-order chi connectivity index (χ0) is 24.7. The molecule has 0 atom stereocenters. The fraction of sp³-hybridized carbons (Fsp3) is 0.125. The minimum atomic E-state index is -4.74. The number of carbonyl (C=O) groups excluding carboxylic acids is 1. The van der Waals surface area contributed by atoms with E-state index >= 15 is 0 Å². The largest absolute Gasteiger partial charge is 0.573 e. The van der Waals surface area contributed by atoms with Gasteiger partial charge >= 0.3 is 12.5 Å². The molecule has 4 aromatic rings. The van der Waals surface area contributed by atoms with E-state index in [4.69, 9.17) is 4.74 Å². The zero-order valence-electron chi connectivity index (χ0n) is 18.2. The monoisotopic (exact) mass is 483 g/mol. The van der Waals surface area contributed by atoms with Crippen LogP contribution >= 0.6 is 0 Å². The summed E-state index contributed by atoms with van der Waals surface area (Å²) in [5, 5.41) is 4.37. The summed E-state index contributed by atoms with van der Waals surface area (Å²) in [7, 11) is 0. The molecular weight excluding hydrogens is 463 g/mol. The number of nitrogens with zero attached hydrogens (tertiary/aromatic N) is 3. The normalized spacial score (nSPS) is 11.2. The Morgan fingerprint density at radius 1 is 0.914 bits per heavy atom. The summed E-state index contributed by atoms with van der Waals surface area (Å²) in [6.07, 6.45) is -3.86. The lowest BCUT2D eigenvalue weighted by molar-refractivity contribution is -0.274. The lowest BCUT2D eigenvalue weighted by Crippen LogP contribution is -2.37. The Labute approximate surface area is 198 Å². The van der Waals surface area contributed by atoms with Gasteiger partial charge in [0.25, 0.3) is 0 Å². The molecule has 35 heavy (non-hydrogen) atoms. The van der Waals surface area contributed by atoms with Crippen molar-refractivity contribution < 1.29 is 27.4 Å². The van der Waals surface area contributed by atoms with Gasteiger partial charge in [-0.3, -0.25) is 5.43 Å². The number of aromatic nitrogens is 3. The van der Waals surface area contributed by atoms with Crippen molar-refractivity contribution in [2.75, 3.05) is 0 Å². The molecule has 0 fully saturated rings. The van der Waals surface area contributed by atoms with E-state index in [1.165, 1.54) is 35.3 Å². The van der Waals surface area contributed by atoms with Crippen LogP contribution in [0.1, 0.15) is 11.1 Å². The van der Waals surface area contributed by atoms with E-state index in [0.29, 0.717) is 18.1 Å². The van der Waals surface area contributed by atoms with Crippen molar-refractivity contribution in [3.05, 3.63) is 96.3 Å². The molecule has 1 aromatic heterocycles. The van der Waals surface area contributed by atoms with Crippen LogP contribution in [0.4, 0.5) is 18.0 Å². The number of halogens is 3. The molecule has 1 heterocycles. The first kappa shape index (κ1) is 23.8. The molecule has 0 spiro atoms. The molecule has 0 bridgehead atoms. The van der Waals surface area contributed by atoms with Crippen LogP contribution in [0.5, 0.6) is 5.75 Å². The van der Waals surface area contributed by atoms with Gasteiger partial charge in [0.2, 0.25) is 0 Å². The SMILES string of the molecule is O=C(NNCc1ccc(-c2ncn(-c3ccc(OC(F)(F)F)cc3)n2)cc1)OCc1ccccc1. The summed E-state index contributed by atoms with van der Waals surface area (Å²) in [5.74, 6) is 0.132. The smallest absolute Gasteiger partial charge is 0.444 e. The molecule has 0 aliphatic rings. The number of hydrogen-bond acceptors (Lipinski definition) is 6. The molecule has 0 saturated carbocycles. The lowest BCUT2D eigenvalue weighted by Gasteiger charge is -2.09. The number of ether oxygens (including phenoxy) is 2. The highest BCUT2D eigenvalue weighted by atomic mass is 19.4. The average molecular weight is 483 g/mol. The standard InChI is InChI=1S/C24H20F3N5O3/c25-24(26,27)35-21-12-10-20(11-13-21)32-16-28-22(31-32)19-8-6-17(7-9-19)14-29-30-23(33)34-15-18-4-2-1-3-5-18/h1-13,16,29H,14-15H2,(H,30,33). The van der Waals surface area contributed by atoms with Crippen LogP contribution in [-0.2, 0) is 17.9 Å². The molecule has 180 valence electrons. The Kier molecular flexibility index (Phi) is 7.27. The number of rotatable bonds is 8. The number of hydrogen-bond donors (Lipinski definition) is 2. The van der Waals surface area contributed by atoms with E-state index in [1.807, 2.05) is 54.6 Å². The Morgan fingerprint density at radius 3 is 2.31 bits per heavy atom. The highest BCUT2D eigenvalue weighted by Gasteiger charge is 2.31. The van der Waals surface area contributed by atoms with Crippen LogP contribution < -0.4 is 15.6 Å². The van der Waals surface area contributed by atoms with E-state index in [0.717, 1.165) is 16.7 Å². The van der Waals surface area contributed by atoms with Gasteiger partial charge in [0.05, 0.1) is 5.69 Å². The second-order valence-corrected chi connectivity index (χ2v) is 7.29. The number of nitrogens with one attached hydrogen (secondary N) is 2. The highest BCUT2D eigenvalue weighted by molar-refractivity contribution is 5.66. The Bertz CT molecular complexity index is 1240. The first-order chi connectivity index (χ1) is 16.9.